The van der Waals surface area contributed by atoms with E-state index in [1.165, 1.54) is 11.1 Å². The first kappa shape index (κ1) is 12.8. The number of rotatable bonds is 1. The normalized spacial score (nSPS) is 38.1. The van der Waals surface area contributed by atoms with E-state index in [2.05, 4.69) is 18.0 Å². The number of methoxy groups -OCH3 is 1. The summed E-state index contributed by atoms with van der Waals surface area (Å²) in [4.78, 5) is 2.49. The number of likely N-dealkylation sites (N-methyl/N-ethyl adjacent to an activating group) is 1. The van der Waals surface area contributed by atoms with Crippen molar-refractivity contribution in [2.75, 3.05) is 20.7 Å². The molecule has 1 aromatic carbocycles. The van der Waals surface area contributed by atoms with Gasteiger partial charge in [0.1, 0.15) is 5.76 Å². The number of allylic oxidation sites excluding steroid dienone is 1. The first-order valence-electron chi connectivity index (χ1n) is 8.13. The maximum absolute atomic E-state index is 10.5. The Bertz CT molecular complexity index is 698. The second-order valence-electron chi connectivity index (χ2n) is 7.14. The Morgan fingerprint density at radius 1 is 1.41 bits per heavy atom. The van der Waals surface area contributed by atoms with E-state index < -0.39 is 0 Å². The highest BCUT2D eigenvalue weighted by Gasteiger charge is 2.64. The quantitative estimate of drug-likeness (QED) is 0.865. The van der Waals surface area contributed by atoms with Gasteiger partial charge in [-0.2, -0.15) is 0 Å². The van der Waals surface area contributed by atoms with Crippen molar-refractivity contribution in [2.45, 2.75) is 36.8 Å². The predicted octanol–water partition coefficient (Wildman–Crippen LogP) is 2.42. The Balaban J connectivity index is 1.83. The number of aliphatic hydroxyl groups is 1. The zero-order valence-corrected chi connectivity index (χ0v) is 13.0. The van der Waals surface area contributed by atoms with Crippen molar-refractivity contribution in [3.05, 3.63) is 35.1 Å². The molecule has 0 saturated carbocycles. The van der Waals surface area contributed by atoms with Gasteiger partial charge in [-0.05, 0) is 56.5 Å². The van der Waals surface area contributed by atoms with E-state index in [9.17, 15) is 5.11 Å². The standard InChI is InChI=1S/C18H21NO3/c1-19-8-7-18-11-4-5-13(20)17(18)22-16-14(21-2)6-3-10(15(16)18)9-12(11)19/h3,5-6,11-12,17,20H,4,7-9H2,1-2H3/t11?,12-,17?,18+/m0/s1. The summed E-state index contributed by atoms with van der Waals surface area (Å²) in [6, 6.07) is 4.75. The van der Waals surface area contributed by atoms with Gasteiger partial charge in [-0.3, -0.25) is 0 Å². The van der Waals surface area contributed by atoms with Crippen molar-refractivity contribution in [3.63, 3.8) is 0 Å². The average Bonchev–Trinajstić information content (AvgIpc) is 2.88. The number of piperidine rings is 1. The fourth-order valence-corrected chi connectivity index (χ4v) is 5.49. The van der Waals surface area contributed by atoms with Crippen LogP contribution < -0.4 is 9.47 Å². The predicted molar refractivity (Wildman–Crippen MR) is 82.6 cm³/mol. The third kappa shape index (κ3) is 1.25. The lowest BCUT2D eigenvalue weighted by Gasteiger charge is -2.56. The highest BCUT2D eigenvalue weighted by molar-refractivity contribution is 5.62. The molecule has 1 fully saturated rings. The van der Waals surface area contributed by atoms with E-state index in [0.717, 1.165) is 37.3 Å². The number of hydrogen-bond donors (Lipinski definition) is 1. The van der Waals surface area contributed by atoms with E-state index in [1.54, 1.807) is 7.11 Å². The molecule has 4 aliphatic rings. The van der Waals surface area contributed by atoms with Crippen LogP contribution in [0.5, 0.6) is 11.5 Å². The first-order chi connectivity index (χ1) is 10.7. The molecule has 1 spiro atoms. The van der Waals surface area contributed by atoms with Gasteiger partial charge in [0.25, 0.3) is 0 Å². The van der Waals surface area contributed by atoms with Crippen LogP contribution in [0.4, 0.5) is 0 Å². The lowest BCUT2D eigenvalue weighted by Crippen LogP contribution is -2.63. The van der Waals surface area contributed by atoms with E-state index in [1.807, 2.05) is 12.1 Å². The fraction of sp³-hybridized carbons (Fsp3) is 0.556. The van der Waals surface area contributed by atoms with Crippen molar-refractivity contribution in [2.24, 2.45) is 5.92 Å². The summed E-state index contributed by atoms with van der Waals surface area (Å²) in [5.41, 5.74) is 2.64. The monoisotopic (exact) mass is 299 g/mol. The van der Waals surface area contributed by atoms with Gasteiger partial charge in [0, 0.05) is 17.0 Å². The molecule has 0 amide bonds. The first-order valence-corrected chi connectivity index (χ1v) is 8.13. The van der Waals surface area contributed by atoms with Crippen LogP contribution >= 0.6 is 0 Å². The molecule has 4 heteroatoms. The van der Waals surface area contributed by atoms with Crippen LogP contribution in [0, 0.1) is 5.92 Å². The van der Waals surface area contributed by atoms with Crippen LogP contribution in [0.3, 0.4) is 0 Å². The van der Waals surface area contributed by atoms with Gasteiger partial charge in [-0.15, -0.1) is 0 Å². The Morgan fingerprint density at radius 3 is 3.09 bits per heavy atom. The molecule has 0 radical (unpaired) electrons. The smallest absolute Gasteiger partial charge is 0.166 e. The van der Waals surface area contributed by atoms with Crippen molar-refractivity contribution in [3.8, 4) is 11.5 Å². The summed E-state index contributed by atoms with van der Waals surface area (Å²) in [6.45, 7) is 1.06. The van der Waals surface area contributed by atoms with Crippen LogP contribution in [-0.2, 0) is 11.8 Å². The maximum Gasteiger partial charge on any atom is 0.166 e. The molecule has 22 heavy (non-hydrogen) atoms. The zero-order chi connectivity index (χ0) is 15.1. The number of likely N-dealkylation sites (tertiary alicyclic amines) is 1. The van der Waals surface area contributed by atoms with Crippen LogP contribution in [-0.4, -0.2) is 42.9 Å². The highest BCUT2D eigenvalue weighted by Crippen LogP contribution is 2.63. The van der Waals surface area contributed by atoms with Crippen LogP contribution in [0.15, 0.2) is 24.0 Å². The molecule has 1 aromatic rings. The fourth-order valence-electron chi connectivity index (χ4n) is 5.49. The zero-order valence-electron chi connectivity index (χ0n) is 13.0. The van der Waals surface area contributed by atoms with Crippen LogP contribution in [0.2, 0.25) is 0 Å². The van der Waals surface area contributed by atoms with Gasteiger partial charge in [0.15, 0.2) is 17.6 Å². The molecule has 5 rings (SSSR count). The molecule has 2 heterocycles. The highest BCUT2D eigenvalue weighted by atomic mass is 16.5. The van der Waals surface area contributed by atoms with Gasteiger partial charge in [-0.1, -0.05) is 6.07 Å². The van der Waals surface area contributed by atoms with Gasteiger partial charge in [0.05, 0.1) is 7.11 Å². The number of aliphatic hydroxyl groups excluding tert-OH is 1. The van der Waals surface area contributed by atoms with Crippen molar-refractivity contribution < 1.29 is 14.6 Å². The minimum Gasteiger partial charge on any atom is -0.509 e. The van der Waals surface area contributed by atoms with Crippen molar-refractivity contribution in [1.29, 1.82) is 0 Å². The number of nitrogens with zero attached hydrogens (tertiary/aromatic N) is 1. The summed E-state index contributed by atoms with van der Waals surface area (Å²) >= 11 is 0. The summed E-state index contributed by atoms with van der Waals surface area (Å²) in [7, 11) is 3.92. The van der Waals surface area contributed by atoms with Crippen LogP contribution in [0.25, 0.3) is 0 Å². The SMILES string of the molecule is COc1ccc2c3c1OC1C(O)=CCC4[C@H](C2)N(C)CC[C@@]314. The molecule has 0 aromatic heterocycles. The second-order valence-corrected chi connectivity index (χ2v) is 7.14. The molecule has 2 bridgehead atoms. The molecule has 1 saturated heterocycles. The minimum absolute atomic E-state index is 0.0620. The Morgan fingerprint density at radius 2 is 2.27 bits per heavy atom. The molecular formula is C18H21NO3. The molecule has 2 unspecified atom stereocenters. The van der Waals surface area contributed by atoms with Crippen molar-refractivity contribution in [1.82, 2.24) is 4.90 Å². The summed E-state index contributed by atoms with van der Waals surface area (Å²) in [5.74, 6) is 2.60. The van der Waals surface area contributed by atoms with E-state index in [0.29, 0.717) is 17.7 Å². The Kier molecular flexibility index (Phi) is 2.32. The molecular weight excluding hydrogens is 278 g/mol. The number of hydrogen-bond acceptors (Lipinski definition) is 4. The van der Waals surface area contributed by atoms with Crippen molar-refractivity contribution >= 4 is 0 Å². The number of benzene rings is 1. The minimum atomic E-state index is -0.229. The summed E-state index contributed by atoms with van der Waals surface area (Å²) in [6.07, 6.45) is 4.80. The molecule has 116 valence electrons. The summed E-state index contributed by atoms with van der Waals surface area (Å²) < 4.78 is 11.8. The molecule has 4 nitrogen and oxygen atoms in total. The Hall–Kier alpha value is -1.68. The largest absolute Gasteiger partial charge is 0.509 e. The van der Waals surface area contributed by atoms with Crippen LogP contribution in [0.1, 0.15) is 24.0 Å². The second kappa shape index (κ2) is 3.99. The van der Waals surface area contributed by atoms with Gasteiger partial charge in [0.2, 0.25) is 0 Å². The molecule has 1 N–H and O–H groups in total. The third-order valence-corrected chi connectivity index (χ3v) is 6.45. The van der Waals surface area contributed by atoms with E-state index >= 15 is 0 Å². The lowest BCUT2D eigenvalue weighted by molar-refractivity contribution is -0.0224. The average molecular weight is 299 g/mol. The van der Waals surface area contributed by atoms with Gasteiger partial charge < -0.3 is 19.5 Å². The third-order valence-electron chi connectivity index (χ3n) is 6.45. The van der Waals surface area contributed by atoms with E-state index in [4.69, 9.17) is 9.47 Å². The topological polar surface area (TPSA) is 41.9 Å². The van der Waals surface area contributed by atoms with Gasteiger partial charge in [-0.25, -0.2) is 0 Å². The molecule has 4 atom stereocenters. The number of ether oxygens (including phenoxy) is 2. The van der Waals surface area contributed by atoms with Gasteiger partial charge >= 0.3 is 0 Å². The molecule has 2 aliphatic heterocycles. The molecule has 2 aliphatic carbocycles. The summed E-state index contributed by atoms with van der Waals surface area (Å²) in [5, 5.41) is 10.5. The lowest BCUT2D eigenvalue weighted by atomic mass is 9.53. The van der Waals surface area contributed by atoms with E-state index in [-0.39, 0.29) is 11.5 Å². The maximum atomic E-state index is 10.5. The Labute approximate surface area is 130 Å².